The predicted octanol–water partition coefficient (Wildman–Crippen LogP) is 1.22. The molecule has 1 saturated heterocycles. The van der Waals surface area contributed by atoms with Crippen molar-refractivity contribution >= 4 is 5.91 Å². The Morgan fingerprint density at radius 2 is 2.20 bits per heavy atom. The number of amides is 1. The fourth-order valence-electron chi connectivity index (χ4n) is 4.58. The van der Waals surface area contributed by atoms with Crippen LogP contribution in [0.1, 0.15) is 39.0 Å². The van der Waals surface area contributed by atoms with Crippen LogP contribution in [0.15, 0.2) is 0 Å². The van der Waals surface area contributed by atoms with Crippen molar-refractivity contribution in [3.05, 3.63) is 0 Å². The molecule has 4 heteroatoms. The van der Waals surface area contributed by atoms with Gasteiger partial charge in [-0.1, -0.05) is 6.42 Å². The van der Waals surface area contributed by atoms with Gasteiger partial charge in [0.15, 0.2) is 0 Å². The first-order chi connectivity index (χ1) is 9.72. The van der Waals surface area contributed by atoms with Crippen LogP contribution in [0.4, 0.5) is 0 Å². The van der Waals surface area contributed by atoms with Crippen LogP contribution in [0.25, 0.3) is 0 Å². The smallest absolute Gasteiger partial charge is 0.234 e. The maximum atomic E-state index is 12.2. The van der Waals surface area contributed by atoms with Crippen molar-refractivity contribution in [1.82, 2.24) is 15.5 Å². The number of hydrogen-bond acceptors (Lipinski definition) is 3. The minimum absolute atomic E-state index is 0.224. The Labute approximate surface area is 122 Å². The summed E-state index contributed by atoms with van der Waals surface area (Å²) in [5.74, 6) is 2.81. The average molecular weight is 279 g/mol. The highest BCUT2D eigenvalue weighted by atomic mass is 16.2. The van der Waals surface area contributed by atoms with Gasteiger partial charge in [-0.3, -0.25) is 9.69 Å². The Morgan fingerprint density at radius 3 is 2.95 bits per heavy atom. The molecule has 4 nitrogen and oxygen atoms in total. The van der Waals surface area contributed by atoms with E-state index in [0.717, 1.165) is 50.4 Å². The van der Waals surface area contributed by atoms with E-state index in [1.807, 2.05) is 0 Å². The van der Waals surface area contributed by atoms with Gasteiger partial charge < -0.3 is 10.6 Å². The minimum atomic E-state index is 0.224. The molecule has 0 radical (unpaired) electrons. The van der Waals surface area contributed by atoms with Gasteiger partial charge in [0.25, 0.3) is 0 Å². The van der Waals surface area contributed by atoms with E-state index >= 15 is 0 Å². The summed E-state index contributed by atoms with van der Waals surface area (Å²) in [5, 5.41) is 6.65. The van der Waals surface area contributed by atoms with E-state index in [2.05, 4.69) is 22.5 Å². The molecule has 20 heavy (non-hydrogen) atoms. The molecule has 4 unspecified atom stereocenters. The number of carbonyl (C=O) groups is 1. The van der Waals surface area contributed by atoms with Gasteiger partial charge in [-0.15, -0.1) is 0 Å². The Kier molecular flexibility index (Phi) is 4.61. The van der Waals surface area contributed by atoms with Crippen molar-refractivity contribution in [3.63, 3.8) is 0 Å². The van der Waals surface area contributed by atoms with Crippen LogP contribution in [-0.2, 0) is 4.79 Å². The Bertz CT molecular complexity index is 339. The summed E-state index contributed by atoms with van der Waals surface area (Å²) in [6.45, 7) is 6.92. The van der Waals surface area contributed by atoms with Gasteiger partial charge in [0.05, 0.1) is 6.54 Å². The molecule has 3 fully saturated rings. The summed E-state index contributed by atoms with van der Waals surface area (Å²) in [5.41, 5.74) is 0. The van der Waals surface area contributed by atoms with Crippen molar-refractivity contribution in [3.8, 4) is 0 Å². The van der Waals surface area contributed by atoms with Gasteiger partial charge in [0, 0.05) is 19.1 Å². The zero-order valence-corrected chi connectivity index (χ0v) is 12.7. The standard InChI is InChI=1S/C16H29N3O/c1-12(15-10-13-3-4-14(15)9-13)18-16(20)11-19-7-2-5-17-6-8-19/h12-15,17H,2-11H2,1H3,(H,18,20). The molecule has 2 bridgehead atoms. The average Bonchev–Trinajstić information content (AvgIpc) is 2.96. The summed E-state index contributed by atoms with van der Waals surface area (Å²) in [7, 11) is 0. The van der Waals surface area contributed by atoms with Crippen LogP contribution in [0.5, 0.6) is 0 Å². The predicted molar refractivity (Wildman–Crippen MR) is 80.5 cm³/mol. The fraction of sp³-hybridized carbons (Fsp3) is 0.938. The number of nitrogens with one attached hydrogen (secondary N) is 2. The highest BCUT2D eigenvalue weighted by molar-refractivity contribution is 5.78. The number of fused-ring (bicyclic) bond motifs is 2. The Balaban J connectivity index is 1.43. The second-order valence-corrected chi connectivity index (χ2v) is 7.07. The van der Waals surface area contributed by atoms with Crippen LogP contribution in [0, 0.1) is 17.8 Å². The third-order valence-electron chi connectivity index (χ3n) is 5.62. The van der Waals surface area contributed by atoms with Gasteiger partial charge in [0.2, 0.25) is 5.91 Å². The molecular weight excluding hydrogens is 250 g/mol. The quantitative estimate of drug-likeness (QED) is 0.813. The van der Waals surface area contributed by atoms with Crippen LogP contribution in [0.2, 0.25) is 0 Å². The maximum absolute atomic E-state index is 12.2. The molecule has 1 amide bonds. The molecule has 0 aromatic rings. The molecule has 2 saturated carbocycles. The van der Waals surface area contributed by atoms with Crippen molar-refractivity contribution in [2.45, 2.75) is 45.1 Å². The fourth-order valence-corrected chi connectivity index (χ4v) is 4.58. The minimum Gasteiger partial charge on any atom is -0.352 e. The first-order valence-electron chi connectivity index (χ1n) is 8.45. The van der Waals surface area contributed by atoms with E-state index < -0.39 is 0 Å². The number of rotatable bonds is 4. The monoisotopic (exact) mass is 279 g/mol. The third-order valence-corrected chi connectivity index (χ3v) is 5.62. The van der Waals surface area contributed by atoms with Gasteiger partial charge >= 0.3 is 0 Å². The molecule has 2 aliphatic carbocycles. The highest BCUT2D eigenvalue weighted by Crippen LogP contribution is 2.49. The first-order valence-corrected chi connectivity index (χ1v) is 8.45. The first kappa shape index (κ1) is 14.3. The second-order valence-electron chi connectivity index (χ2n) is 7.07. The lowest BCUT2D eigenvalue weighted by atomic mass is 9.84. The summed E-state index contributed by atoms with van der Waals surface area (Å²) < 4.78 is 0. The number of nitrogens with zero attached hydrogens (tertiary/aromatic N) is 1. The second kappa shape index (κ2) is 6.44. The van der Waals surface area contributed by atoms with Crippen molar-refractivity contribution in [1.29, 1.82) is 0 Å². The molecule has 3 rings (SSSR count). The summed E-state index contributed by atoms with van der Waals surface area (Å²) in [6.07, 6.45) is 6.74. The van der Waals surface area contributed by atoms with Gasteiger partial charge in [-0.05, 0) is 63.5 Å². The van der Waals surface area contributed by atoms with Crippen LogP contribution in [0.3, 0.4) is 0 Å². The topological polar surface area (TPSA) is 44.4 Å². The lowest BCUT2D eigenvalue weighted by Gasteiger charge is -2.29. The molecular formula is C16H29N3O. The largest absolute Gasteiger partial charge is 0.352 e. The SMILES string of the molecule is CC(NC(=O)CN1CCCNCC1)C1CC2CCC1C2. The van der Waals surface area contributed by atoms with Crippen molar-refractivity contribution in [2.75, 3.05) is 32.7 Å². The molecule has 3 aliphatic rings. The van der Waals surface area contributed by atoms with E-state index in [1.54, 1.807) is 0 Å². The highest BCUT2D eigenvalue weighted by Gasteiger charge is 2.42. The third kappa shape index (κ3) is 3.34. The van der Waals surface area contributed by atoms with Crippen LogP contribution >= 0.6 is 0 Å². The van der Waals surface area contributed by atoms with E-state index in [0.29, 0.717) is 12.6 Å². The summed E-state index contributed by atoms with van der Waals surface area (Å²) in [6, 6.07) is 0.364. The maximum Gasteiger partial charge on any atom is 0.234 e. The van der Waals surface area contributed by atoms with Gasteiger partial charge in [0.1, 0.15) is 0 Å². The van der Waals surface area contributed by atoms with E-state index in [4.69, 9.17) is 0 Å². The van der Waals surface area contributed by atoms with E-state index in [-0.39, 0.29) is 5.91 Å². The number of hydrogen-bond donors (Lipinski definition) is 2. The zero-order valence-electron chi connectivity index (χ0n) is 12.7. The number of carbonyl (C=O) groups excluding carboxylic acids is 1. The lowest BCUT2D eigenvalue weighted by molar-refractivity contribution is -0.123. The molecule has 0 aromatic carbocycles. The van der Waals surface area contributed by atoms with E-state index in [9.17, 15) is 4.79 Å². The van der Waals surface area contributed by atoms with E-state index in [1.165, 1.54) is 25.7 Å². The summed E-state index contributed by atoms with van der Waals surface area (Å²) >= 11 is 0. The zero-order chi connectivity index (χ0) is 13.9. The molecule has 4 atom stereocenters. The molecule has 1 heterocycles. The van der Waals surface area contributed by atoms with Crippen molar-refractivity contribution in [2.24, 2.45) is 17.8 Å². The Morgan fingerprint density at radius 1 is 1.30 bits per heavy atom. The molecule has 2 N–H and O–H groups in total. The summed E-state index contributed by atoms with van der Waals surface area (Å²) in [4.78, 5) is 14.5. The molecule has 0 spiro atoms. The molecule has 1 aliphatic heterocycles. The van der Waals surface area contributed by atoms with Gasteiger partial charge in [-0.2, -0.15) is 0 Å². The van der Waals surface area contributed by atoms with Crippen LogP contribution in [-0.4, -0.2) is 49.6 Å². The van der Waals surface area contributed by atoms with Gasteiger partial charge in [-0.25, -0.2) is 0 Å². The van der Waals surface area contributed by atoms with Crippen molar-refractivity contribution < 1.29 is 4.79 Å². The molecule has 114 valence electrons. The van der Waals surface area contributed by atoms with Crippen LogP contribution < -0.4 is 10.6 Å². The lowest BCUT2D eigenvalue weighted by Crippen LogP contribution is -2.45. The molecule has 0 aromatic heterocycles. The Hall–Kier alpha value is -0.610. The normalized spacial score (nSPS) is 35.8.